The van der Waals surface area contributed by atoms with Crippen molar-refractivity contribution in [2.45, 2.75) is 0 Å². The molecule has 1 aromatic heterocycles. The Morgan fingerprint density at radius 1 is 1.25 bits per heavy atom. The number of dihydropyridines is 1. The predicted molar refractivity (Wildman–Crippen MR) is 80.6 cm³/mol. The largest absolute Gasteiger partial charge is 0.508 e. The number of benzene rings is 1. The van der Waals surface area contributed by atoms with Crippen LogP contribution in [0.3, 0.4) is 0 Å². The van der Waals surface area contributed by atoms with E-state index in [0.717, 1.165) is 28.8 Å². The lowest BCUT2D eigenvalue weighted by molar-refractivity contribution is 0.476. The summed E-state index contributed by atoms with van der Waals surface area (Å²) in [5, 5.41) is 13.6. The summed E-state index contributed by atoms with van der Waals surface area (Å²) in [6.45, 7) is 0.825. The van der Waals surface area contributed by atoms with Crippen molar-refractivity contribution in [1.29, 1.82) is 0 Å². The van der Waals surface area contributed by atoms with Crippen LogP contribution in [0.1, 0.15) is 5.82 Å². The van der Waals surface area contributed by atoms with Gasteiger partial charge in [0.05, 0.1) is 5.52 Å². The number of aromatic hydroxyl groups is 1. The molecule has 0 atom stereocenters. The molecule has 2 N–H and O–H groups in total. The summed E-state index contributed by atoms with van der Waals surface area (Å²) in [6, 6.07) is 5.14. The zero-order chi connectivity index (χ0) is 14.1. The molecule has 1 aliphatic rings. The van der Waals surface area contributed by atoms with E-state index in [4.69, 9.17) is 0 Å². The zero-order valence-corrected chi connectivity index (χ0v) is 11.5. The Hall–Kier alpha value is -2.56. The molecule has 0 aliphatic carbocycles. The fourth-order valence-electron chi connectivity index (χ4n) is 2.18. The van der Waals surface area contributed by atoms with Gasteiger partial charge in [-0.3, -0.25) is 0 Å². The van der Waals surface area contributed by atoms with E-state index in [1.54, 1.807) is 12.1 Å². The lowest BCUT2D eigenvalue weighted by Crippen LogP contribution is -2.14. The van der Waals surface area contributed by atoms with Crippen LogP contribution in [0.4, 0.5) is 5.82 Å². The SMILES string of the molecule is CN(C)c1nc(C2=CNCC=C2)nc2ccc(O)cc12. The number of fused-ring (bicyclic) bond motifs is 1. The molecule has 0 saturated carbocycles. The van der Waals surface area contributed by atoms with Crippen molar-refractivity contribution >= 4 is 22.3 Å². The van der Waals surface area contributed by atoms with Crippen molar-refractivity contribution < 1.29 is 5.11 Å². The first-order valence-electron chi connectivity index (χ1n) is 6.44. The van der Waals surface area contributed by atoms with Crippen molar-refractivity contribution in [3.05, 3.63) is 42.4 Å². The van der Waals surface area contributed by atoms with Gasteiger partial charge in [0.15, 0.2) is 5.82 Å². The average Bonchev–Trinajstić information content (AvgIpc) is 2.47. The second-order valence-electron chi connectivity index (χ2n) is 4.88. The number of aromatic nitrogens is 2. The number of nitrogens with zero attached hydrogens (tertiary/aromatic N) is 3. The van der Waals surface area contributed by atoms with Crippen molar-refractivity contribution in [3.8, 4) is 5.75 Å². The third-order valence-electron chi connectivity index (χ3n) is 3.13. The zero-order valence-electron chi connectivity index (χ0n) is 11.5. The Kier molecular flexibility index (Phi) is 3.02. The second kappa shape index (κ2) is 4.85. The average molecular weight is 268 g/mol. The molecule has 0 saturated heterocycles. The molecular weight excluding hydrogens is 252 g/mol. The molecule has 1 aromatic carbocycles. The maximum Gasteiger partial charge on any atom is 0.163 e. The summed E-state index contributed by atoms with van der Waals surface area (Å²) in [7, 11) is 3.86. The number of phenols is 1. The van der Waals surface area contributed by atoms with Crippen LogP contribution in [-0.4, -0.2) is 35.7 Å². The summed E-state index contributed by atoms with van der Waals surface area (Å²) in [6.07, 6.45) is 5.97. The van der Waals surface area contributed by atoms with Gasteiger partial charge in [0.1, 0.15) is 11.6 Å². The van der Waals surface area contributed by atoms with Gasteiger partial charge in [0.2, 0.25) is 0 Å². The molecule has 0 spiro atoms. The standard InChI is InChI=1S/C15H16N4O/c1-19(2)15-12-8-11(20)5-6-13(12)17-14(18-15)10-4-3-7-16-9-10/h3-6,8-9,16,20H,7H2,1-2H3. The van der Waals surface area contributed by atoms with Gasteiger partial charge < -0.3 is 15.3 Å². The molecule has 0 fully saturated rings. The molecular formula is C15H16N4O. The lowest BCUT2D eigenvalue weighted by Gasteiger charge is -2.16. The van der Waals surface area contributed by atoms with Crippen LogP contribution >= 0.6 is 0 Å². The van der Waals surface area contributed by atoms with E-state index in [9.17, 15) is 5.11 Å². The first-order chi connectivity index (χ1) is 9.65. The third kappa shape index (κ3) is 2.18. The molecule has 0 unspecified atom stereocenters. The molecule has 20 heavy (non-hydrogen) atoms. The molecule has 5 nitrogen and oxygen atoms in total. The van der Waals surface area contributed by atoms with Crippen LogP contribution in [0.15, 0.2) is 36.6 Å². The van der Waals surface area contributed by atoms with Crippen molar-refractivity contribution in [2.75, 3.05) is 25.5 Å². The Bertz CT molecular complexity index is 719. The second-order valence-corrected chi connectivity index (χ2v) is 4.88. The normalized spacial score (nSPS) is 14.0. The van der Waals surface area contributed by atoms with Gasteiger partial charge in [-0.05, 0) is 18.2 Å². The number of nitrogens with one attached hydrogen (secondary N) is 1. The minimum atomic E-state index is 0.218. The van der Waals surface area contributed by atoms with Crippen molar-refractivity contribution in [1.82, 2.24) is 15.3 Å². The topological polar surface area (TPSA) is 61.3 Å². The predicted octanol–water partition coefficient (Wildman–Crippen LogP) is 1.90. The van der Waals surface area contributed by atoms with Gasteiger partial charge in [-0.2, -0.15) is 0 Å². The molecule has 0 amide bonds. The van der Waals surface area contributed by atoms with Crippen molar-refractivity contribution in [2.24, 2.45) is 0 Å². The monoisotopic (exact) mass is 268 g/mol. The quantitative estimate of drug-likeness (QED) is 0.871. The van der Waals surface area contributed by atoms with Crippen LogP contribution in [0.25, 0.3) is 16.5 Å². The highest BCUT2D eigenvalue weighted by Gasteiger charge is 2.12. The summed E-state index contributed by atoms with van der Waals surface area (Å²) in [5.74, 6) is 1.69. The lowest BCUT2D eigenvalue weighted by atomic mass is 10.1. The Balaban J connectivity index is 2.23. The molecule has 102 valence electrons. The van der Waals surface area contributed by atoms with Gasteiger partial charge in [-0.1, -0.05) is 12.2 Å². The van der Waals surface area contributed by atoms with E-state index in [-0.39, 0.29) is 5.75 Å². The van der Waals surface area contributed by atoms with E-state index in [1.807, 2.05) is 43.4 Å². The Morgan fingerprint density at radius 2 is 2.10 bits per heavy atom. The molecule has 3 rings (SSSR count). The Labute approximate surface area is 117 Å². The van der Waals surface area contributed by atoms with Gasteiger partial charge >= 0.3 is 0 Å². The summed E-state index contributed by atoms with van der Waals surface area (Å²) in [4.78, 5) is 11.1. The molecule has 5 heteroatoms. The fraction of sp³-hybridized carbons (Fsp3) is 0.200. The molecule has 2 aromatic rings. The van der Waals surface area contributed by atoms with Crippen LogP contribution in [-0.2, 0) is 0 Å². The molecule has 0 bridgehead atoms. The van der Waals surface area contributed by atoms with Gasteiger partial charge in [-0.25, -0.2) is 9.97 Å². The number of hydrogen-bond acceptors (Lipinski definition) is 5. The Morgan fingerprint density at radius 3 is 2.80 bits per heavy atom. The van der Waals surface area contributed by atoms with Crippen molar-refractivity contribution in [3.63, 3.8) is 0 Å². The fourth-order valence-corrected chi connectivity index (χ4v) is 2.18. The van der Waals surface area contributed by atoms with Crippen LogP contribution in [0, 0.1) is 0 Å². The number of anilines is 1. The highest BCUT2D eigenvalue weighted by atomic mass is 16.3. The smallest absolute Gasteiger partial charge is 0.163 e. The molecule has 0 radical (unpaired) electrons. The minimum Gasteiger partial charge on any atom is -0.508 e. The summed E-state index contributed by atoms with van der Waals surface area (Å²) < 4.78 is 0. The van der Waals surface area contributed by atoms with Gasteiger partial charge in [0, 0.05) is 37.8 Å². The van der Waals surface area contributed by atoms with E-state index in [2.05, 4.69) is 15.3 Å². The highest BCUT2D eigenvalue weighted by molar-refractivity contribution is 5.92. The molecule has 1 aliphatic heterocycles. The van der Waals surface area contributed by atoms with Crippen LogP contribution < -0.4 is 10.2 Å². The van der Waals surface area contributed by atoms with E-state index in [0.29, 0.717) is 5.82 Å². The first-order valence-corrected chi connectivity index (χ1v) is 6.44. The van der Waals surface area contributed by atoms with Crippen LogP contribution in [0.2, 0.25) is 0 Å². The minimum absolute atomic E-state index is 0.218. The number of hydrogen-bond donors (Lipinski definition) is 2. The molecule has 2 heterocycles. The third-order valence-corrected chi connectivity index (χ3v) is 3.13. The summed E-state index contributed by atoms with van der Waals surface area (Å²) in [5.41, 5.74) is 1.77. The van der Waals surface area contributed by atoms with Gasteiger partial charge in [-0.15, -0.1) is 0 Å². The maximum absolute atomic E-state index is 9.65. The van der Waals surface area contributed by atoms with Gasteiger partial charge in [0.25, 0.3) is 0 Å². The van der Waals surface area contributed by atoms with Crippen LogP contribution in [0.5, 0.6) is 5.75 Å². The highest BCUT2D eigenvalue weighted by Crippen LogP contribution is 2.28. The maximum atomic E-state index is 9.65. The van der Waals surface area contributed by atoms with E-state index in [1.165, 1.54) is 0 Å². The number of allylic oxidation sites excluding steroid dienone is 2. The van der Waals surface area contributed by atoms with E-state index >= 15 is 0 Å². The first kappa shape index (κ1) is 12.5. The number of rotatable bonds is 2. The number of phenolic OH excluding ortho intramolecular Hbond substituents is 1. The summed E-state index contributed by atoms with van der Waals surface area (Å²) >= 11 is 0. The van der Waals surface area contributed by atoms with E-state index < -0.39 is 0 Å².